The SMILES string of the molecule is O=C(O)N[C@@H](CN1CCCC1)C(=O)c1ccncc1. The highest BCUT2D eigenvalue weighted by Crippen LogP contribution is 2.10. The van der Waals surface area contributed by atoms with Crippen LogP contribution < -0.4 is 5.32 Å². The predicted octanol–water partition coefficient (Wildman–Crippen LogP) is 0.996. The number of nitrogens with zero attached hydrogens (tertiary/aromatic N) is 2. The van der Waals surface area contributed by atoms with Gasteiger partial charge in [-0.2, -0.15) is 0 Å². The van der Waals surface area contributed by atoms with E-state index in [1.54, 1.807) is 12.1 Å². The molecular formula is C13H17N3O3. The number of nitrogens with one attached hydrogen (secondary N) is 1. The van der Waals surface area contributed by atoms with Crippen molar-refractivity contribution in [3.05, 3.63) is 30.1 Å². The van der Waals surface area contributed by atoms with E-state index in [9.17, 15) is 9.59 Å². The Bertz CT molecular complexity index is 444. The molecule has 1 aromatic heterocycles. The number of hydrogen-bond donors (Lipinski definition) is 2. The molecule has 102 valence electrons. The Morgan fingerprint density at radius 1 is 1.32 bits per heavy atom. The van der Waals surface area contributed by atoms with E-state index in [1.807, 2.05) is 0 Å². The van der Waals surface area contributed by atoms with Gasteiger partial charge in [-0.25, -0.2) is 4.79 Å². The summed E-state index contributed by atoms with van der Waals surface area (Å²) in [6.45, 7) is 2.26. The molecule has 1 saturated heterocycles. The van der Waals surface area contributed by atoms with Gasteiger partial charge in [0.1, 0.15) is 6.04 Å². The Hall–Kier alpha value is -1.95. The summed E-state index contributed by atoms with van der Waals surface area (Å²) >= 11 is 0. The first kappa shape index (κ1) is 13.5. The largest absolute Gasteiger partial charge is 0.465 e. The van der Waals surface area contributed by atoms with Crippen LogP contribution in [-0.2, 0) is 0 Å². The van der Waals surface area contributed by atoms with Crippen LogP contribution in [0.4, 0.5) is 4.79 Å². The molecule has 2 N–H and O–H groups in total. The molecule has 0 aliphatic carbocycles. The number of rotatable bonds is 5. The molecule has 1 amide bonds. The number of carboxylic acid groups (broad SMARTS) is 1. The van der Waals surface area contributed by atoms with Crippen LogP contribution >= 0.6 is 0 Å². The number of likely N-dealkylation sites (tertiary alicyclic amines) is 1. The summed E-state index contributed by atoms with van der Waals surface area (Å²) in [4.78, 5) is 29.1. The lowest BCUT2D eigenvalue weighted by atomic mass is 10.1. The third-order valence-corrected chi connectivity index (χ3v) is 3.22. The summed E-state index contributed by atoms with van der Waals surface area (Å²) in [6, 6.07) is 2.48. The van der Waals surface area contributed by atoms with Crippen LogP contribution in [0.3, 0.4) is 0 Å². The Kier molecular flexibility index (Phi) is 4.46. The van der Waals surface area contributed by atoms with Gasteiger partial charge in [0.2, 0.25) is 0 Å². The zero-order chi connectivity index (χ0) is 13.7. The zero-order valence-corrected chi connectivity index (χ0v) is 10.6. The average molecular weight is 263 g/mol. The Labute approximate surface area is 111 Å². The van der Waals surface area contributed by atoms with Crippen LogP contribution in [0.1, 0.15) is 23.2 Å². The van der Waals surface area contributed by atoms with Gasteiger partial charge in [-0.15, -0.1) is 0 Å². The van der Waals surface area contributed by atoms with Crippen molar-refractivity contribution in [2.24, 2.45) is 0 Å². The van der Waals surface area contributed by atoms with Gasteiger partial charge in [-0.3, -0.25) is 9.78 Å². The van der Waals surface area contributed by atoms with E-state index in [4.69, 9.17) is 5.11 Å². The van der Waals surface area contributed by atoms with Crippen LogP contribution in [0.25, 0.3) is 0 Å². The van der Waals surface area contributed by atoms with Crippen LogP contribution in [-0.4, -0.2) is 52.5 Å². The third kappa shape index (κ3) is 3.75. The van der Waals surface area contributed by atoms with Crippen molar-refractivity contribution in [1.82, 2.24) is 15.2 Å². The average Bonchev–Trinajstić information content (AvgIpc) is 2.90. The summed E-state index contributed by atoms with van der Waals surface area (Å²) in [5.74, 6) is -0.211. The number of aromatic nitrogens is 1. The molecule has 2 heterocycles. The zero-order valence-electron chi connectivity index (χ0n) is 10.6. The highest BCUT2D eigenvalue weighted by atomic mass is 16.4. The van der Waals surface area contributed by atoms with E-state index in [0.717, 1.165) is 25.9 Å². The smallest absolute Gasteiger partial charge is 0.405 e. The first-order valence-electron chi connectivity index (χ1n) is 6.33. The molecule has 6 heteroatoms. The fraction of sp³-hybridized carbons (Fsp3) is 0.462. The molecule has 0 aromatic carbocycles. The summed E-state index contributed by atoms with van der Waals surface area (Å²) < 4.78 is 0. The van der Waals surface area contributed by atoms with Crippen LogP contribution in [0, 0.1) is 0 Å². The van der Waals surface area contributed by atoms with Crippen molar-refractivity contribution >= 4 is 11.9 Å². The molecule has 1 aliphatic rings. The van der Waals surface area contributed by atoms with E-state index in [1.165, 1.54) is 12.4 Å². The number of amides is 1. The van der Waals surface area contributed by atoms with Gasteiger partial charge < -0.3 is 15.3 Å². The fourth-order valence-corrected chi connectivity index (χ4v) is 2.28. The van der Waals surface area contributed by atoms with Gasteiger partial charge in [0, 0.05) is 24.5 Å². The number of carbonyl (C=O) groups excluding carboxylic acids is 1. The maximum Gasteiger partial charge on any atom is 0.405 e. The standard InChI is InChI=1S/C13H17N3O3/c17-12(10-3-5-14-6-4-10)11(15-13(18)19)9-16-7-1-2-8-16/h3-6,11,15H,1-2,7-9H2,(H,18,19)/t11-/m0/s1. The molecule has 0 spiro atoms. The van der Waals surface area contributed by atoms with Gasteiger partial charge in [-0.05, 0) is 38.1 Å². The Morgan fingerprint density at radius 2 is 1.95 bits per heavy atom. The number of pyridine rings is 1. The van der Waals surface area contributed by atoms with Gasteiger partial charge in [0.05, 0.1) is 0 Å². The van der Waals surface area contributed by atoms with Gasteiger partial charge in [-0.1, -0.05) is 0 Å². The highest BCUT2D eigenvalue weighted by Gasteiger charge is 2.25. The molecule has 0 unspecified atom stereocenters. The molecule has 6 nitrogen and oxygen atoms in total. The molecule has 19 heavy (non-hydrogen) atoms. The van der Waals surface area contributed by atoms with Crippen LogP contribution in [0.15, 0.2) is 24.5 Å². The summed E-state index contributed by atoms with van der Waals surface area (Å²) in [5.41, 5.74) is 0.480. The fourth-order valence-electron chi connectivity index (χ4n) is 2.28. The van der Waals surface area contributed by atoms with Crippen molar-refractivity contribution in [2.75, 3.05) is 19.6 Å². The van der Waals surface area contributed by atoms with Crippen molar-refractivity contribution in [3.63, 3.8) is 0 Å². The summed E-state index contributed by atoms with van der Waals surface area (Å²) in [5, 5.41) is 11.2. The second kappa shape index (κ2) is 6.29. The third-order valence-electron chi connectivity index (χ3n) is 3.22. The van der Waals surface area contributed by atoms with E-state index < -0.39 is 12.1 Å². The number of hydrogen-bond acceptors (Lipinski definition) is 4. The molecule has 0 bridgehead atoms. The number of Topliss-reactive ketones (excluding diaryl/α,β-unsaturated/α-hetero) is 1. The molecule has 2 rings (SSSR count). The van der Waals surface area contributed by atoms with Crippen molar-refractivity contribution < 1.29 is 14.7 Å². The number of ketones is 1. The maximum atomic E-state index is 12.3. The van der Waals surface area contributed by atoms with Gasteiger partial charge in [0.15, 0.2) is 5.78 Å². The summed E-state index contributed by atoms with van der Waals surface area (Å²) in [7, 11) is 0. The predicted molar refractivity (Wildman–Crippen MR) is 69.2 cm³/mol. The van der Waals surface area contributed by atoms with Crippen LogP contribution in [0.2, 0.25) is 0 Å². The second-order valence-corrected chi connectivity index (χ2v) is 4.61. The van der Waals surface area contributed by atoms with E-state index in [0.29, 0.717) is 12.1 Å². The minimum atomic E-state index is -1.17. The lowest BCUT2D eigenvalue weighted by Gasteiger charge is -2.22. The van der Waals surface area contributed by atoms with Gasteiger partial charge in [0.25, 0.3) is 0 Å². The van der Waals surface area contributed by atoms with Crippen molar-refractivity contribution in [3.8, 4) is 0 Å². The number of carbonyl (C=O) groups is 2. The Balaban J connectivity index is 2.07. The molecule has 1 fully saturated rings. The molecule has 0 radical (unpaired) electrons. The summed E-state index contributed by atoms with van der Waals surface area (Å²) in [6.07, 6.45) is 4.08. The normalized spacial score (nSPS) is 17.1. The quantitative estimate of drug-likeness (QED) is 0.774. The first-order chi connectivity index (χ1) is 9.16. The molecule has 1 atom stereocenters. The molecular weight excluding hydrogens is 246 g/mol. The monoisotopic (exact) mass is 263 g/mol. The van der Waals surface area contributed by atoms with Crippen molar-refractivity contribution in [1.29, 1.82) is 0 Å². The van der Waals surface area contributed by atoms with Crippen LogP contribution in [0.5, 0.6) is 0 Å². The first-order valence-corrected chi connectivity index (χ1v) is 6.33. The highest BCUT2D eigenvalue weighted by molar-refractivity contribution is 6.01. The van der Waals surface area contributed by atoms with Crippen molar-refractivity contribution in [2.45, 2.75) is 18.9 Å². The lowest BCUT2D eigenvalue weighted by Crippen LogP contribution is -2.47. The van der Waals surface area contributed by atoms with Gasteiger partial charge >= 0.3 is 6.09 Å². The lowest BCUT2D eigenvalue weighted by molar-refractivity contribution is 0.0912. The molecule has 0 saturated carbocycles. The molecule has 1 aliphatic heterocycles. The minimum absolute atomic E-state index is 0.211. The van der Waals surface area contributed by atoms with E-state index in [2.05, 4.69) is 15.2 Å². The van der Waals surface area contributed by atoms with E-state index >= 15 is 0 Å². The topological polar surface area (TPSA) is 82.5 Å². The minimum Gasteiger partial charge on any atom is -0.465 e. The Morgan fingerprint density at radius 3 is 2.53 bits per heavy atom. The molecule has 1 aromatic rings. The van der Waals surface area contributed by atoms with E-state index in [-0.39, 0.29) is 5.78 Å². The second-order valence-electron chi connectivity index (χ2n) is 4.61. The maximum absolute atomic E-state index is 12.3.